The van der Waals surface area contributed by atoms with Gasteiger partial charge in [0.15, 0.2) is 0 Å². The second-order valence-corrected chi connectivity index (χ2v) is 7.29. The van der Waals surface area contributed by atoms with Crippen LogP contribution < -0.4 is 15.1 Å². The highest BCUT2D eigenvalue weighted by Gasteiger charge is 2.29. The van der Waals surface area contributed by atoms with Crippen molar-refractivity contribution in [1.82, 2.24) is 0 Å². The van der Waals surface area contributed by atoms with Crippen LogP contribution in [0.5, 0.6) is 0 Å². The monoisotopic (exact) mass is 365 g/mol. The summed E-state index contributed by atoms with van der Waals surface area (Å²) in [7, 11) is 0. The Bertz CT molecular complexity index is 798. The molecule has 0 fully saturated rings. The Morgan fingerprint density at radius 3 is 2.63 bits per heavy atom. The molecule has 0 aromatic heterocycles. The van der Waals surface area contributed by atoms with Gasteiger partial charge in [-0.15, -0.1) is 0 Å². The van der Waals surface area contributed by atoms with Crippen molar-refractivity contribution in [1.29, 1.82) is 0 Å². The molecule has 1 aliphatic heterocycles. The zero-order chi connectivity index (χ0) is 19.4. The number of para-hydroxylation sites is 1. The van der Waals surface area contributed by atoms with Crippen LogP contribution in [0, 0.1) is 6.92 Å². The van der Waals surface area contributed by atoms with Gasteiger partial charge in [0.25, 0.3) is 0 Å². The van der Waals surface area contributed by atoms with Gasteiger partial charge in [-0.3, -0.25) is 4.79 Å². The Kier molecular flexibility index (Phi) is 6.04. The lowest BCUT2D eigenvalue weighted by molar-refractivity contribution is -0.118. The predicted molar refractivity (Wildman–Crippen MR) is 115 cm³/mol. The third kappa shape index (κ3) is 4.10. The van der Waals surface area contributed by atoms with E-state index in [4.69, 9.17) is 0 Å². The summed E-state index contributed by atoms with van der Waals surface area (Å²) >= 11 is 0. The fraction of sp³-hybridized carbons (Fsp3) is 0.435. The summed E-state index contributed by atoms with van der Waals surface area (Å²) in [5.74, 6) is 0.192. The van der Waals surface area contributed by atoms with Crippen molar-refractivity contribution in [2.75, 3.05) is 34.8 Å². The van der Waals surface area contributed by atoms with Crippen molar-refractivity contribution in [3.63, 3.8) is 0 Å². The maximum absolute atomic E-state index is 12.8. The van der Waals surface area contributed by atoms with Crippen LogP contribution in [0.1, 0.15) is 38.3 Å². The van der Waals surface area contributed by atoms with Gasteiger partial charge >= 0.3 is 0 Å². The van der Waals surface area contributed by atoms with Crippen LogP contribution in [-0.4, -0.2) is 31.6 Å². The number of anilines is 3. The number of rotatable bonds is 7. The highest BCUT2D eigenvalue weighted by atomic mass is 16.2. The van der Waals surface area contributed by atoms with Crippen molar-refractivity contribution < 1.29 is 4.79 Å². The molecule has 0 saturated carbocycles. The van der Waals surface area contributed by atoms with Gasteiger partial charge in [-0.05, 0) is 69.5 Å². The van der Waals surface area contributed by atoms with E-state index >= 15 is 0 Å². The molecule has 1 unspecified atom stereocenters. The predicted octanol–water partition coefficient (Wildman–Crippen LogP) is 4.62. The molecule has 1 N–H and O–H groups in total. The van der Waals surface area contributed by atoms with Crippen LogP contribution in [0.4, 0.5) is 17.1 Å². The molecular formula is C23H31N3O. The summed E-state index contributed by atoms with van der Waals surface area (Å²) in [6.07, 6.45) is 1.44. The number of hydrogen-bond acceptors (Lipinski definition) is 3. The van der Waals surface area contributed by atoms with Crippen molar-refractivity contribution in [2.24, 2.45) is 0 Å². The van der Waals surface area contributed by atoms with Gasteiger partial charge in [0, 0.05) is 49.2 Å². The molecule has 2 aromatic carbocycles. The summed E-state index contributed by atoms with van der Waals surface area (Å²) in [5, 5.41) is 3.44. The first-order chi connectivity index (χ1) is 13.0. The third-order valence-corrected chi connectivity index (χ3v) is 5.47. The van der Waals surface area contributed by atoms with E-state index in [0.29, 0.717) is 13.0 Å². The Hall–Kier alpha value is -2.49. The topological polar surface area (TPSA) is 35.6 Å². The Morgan fingerprint density at radius 2 is 1.93 bits per heavy atom. The minimum atomic E-state index is 0.192. The first-order valence-electron chi connectivity index (χ1n) is 10.0. The molecular weight excluding hydrogens is 334 g/mol. The number of carbonyl (C=O) groups excluding carboxylic acids is 1. The molecule has 0 saturated heterocycles. The molecule has 0 aliphatic carbocycles. The second kappa shape index (κ2) is 8.47. The largest absolute Gasteiger partial charge is 0.384 e. The van der Waals surface area contributed by atoms with Gasteiger partial charge in [0.05, 0.1) is 0 Å². The van der Waals surface area contributed by atoms with Crippen LogP contribution in [0.2, 0.25) is 0 Å². The lowest BCUT2D eigenvalue weighted by Crippen LogP contribution is -2.36. The average molecular weight is 366 g/mol. The highest BCUT2D eigenvalue weighted by molar-refractivity contribution is 5.96. The smallest absolute Gasteiger partial charge is 0.229 e. The number of amides is 1. The van der Waals surface area contributed by atoms with Crippen LogP contribution >= 0.6 is 0 Å². The van der Waals surface area contributed by atoms with Gasteiger partial charge in [-0.25, -0.2) is 0 Å². The first-order valence-corrected chi connectivity index (χ1v) is 10.0. The van der Waals surface area contributed by atoms with Gasteiger partial charge in [-0.1, -0.05) is 18.2 Å². The molecule has 4 heteroatoms. The van der Waals surface area contributed by atoms with Crippen molar-refractivity contribution in [3.05, 3.63) is 53.6 Å². The molecule has 1 amide bonds. The first kappa shape index (κ1) is 19.3. The van der Waals surface area contributed by atoms with Crippen molar-refractivity contribution in [2.45, 2.75) is 46.6 Å². The fourth-order valence-electron chi connectivity index (χ4n) is 4.00. The number of carbonyl (C=O) groups is 1. The standard InChI is InChI=1S/C23H31N3O/c1-5-25(6-2)20-11-12-21(17(3)15-20)24-14-13-23(27)26-18(4)16-19-9-7-8-10-22(19)26/h7-12,15,18,24H,5-6,13-14,16H2,1-4H3. The van der Waals surface area contributed by atoms with Crippen LogP contribution in [-0.2, 0) is 11.2 Å². The fourth-order valence-corrected chi connectivity index (χ4v) is 4.00. The summed E-state index contributed by atoms with van der Waals surface area (Å²) in [5.41, 5.74) is 5.92. The molecule has 2 aromatic rings. The number of aryl methyl sites for hydroxylation is 1. The van der Waals surface area contributed by atoms with E-state index in [-0.39, 0.29) is 11.9 Å². The maximum atomic E-state index is 12.8. The molecule has 4 nitrogen and oxygen atoms in total. The molecule has 0 radical (unpaired) electrons. The van der Waals surface area contributed by atoms with Crippen molar-refractivity contribution >= 4 is 23.0 Å². The number of hydrogen-bond donors (Lipinski definition) is 1. The van der Waals surface area contributed by atoms with E-state index in [1.54, 1.807) is 0 Å². The van der Waals surface area contributed by atoms with Gasteiger partial charge in [-0.2, -0.15) is 0 Å². The lowest BCUT2D eigenvalue weighted by atomic mass is 10.1. The number of nitrogens with one attached hydrogen (secondary N) is 1. The van der Waals surface area contributed by atoms with Crippen LogP contribution in [0.3, 0.4) is 0 Å². The summed E-state index contributed by atoms with van der Waals surface area (Å²) in [6.45, 7) is 11.3. The summed E-state index contributed by atoms with van der Waals surface area (Å²) in [4.78, 5) is 17.1. The van der Waals surface area contributed by atoms with Crippen LogP contribution in [0.15, 0.2) is 42.5 Å². The van der Waals surface area contributed by atoms with Gasteiger partial charge in [0.2, 0.25) is 5.91 Å². The zero-order valence-corrected chi connectivity index (χ0v) is 17.0. The Balaban J connectivity index is 1.59. The van der Waals surface area contributed by atoms with E-state index < -0.39 is 0 Å². The lowest BCUT2D eigenvalue weighted by Gasteiger charge is -2.24. The minimum absolute atomic E-state index is 0.192. The number of fused-ring (bicyclic) bond motifs is 1. The number of nitrogens with zero attached hydrogens (tertiary/aromatic N) is 2. The molecule has 27 heavy (non-hydrogen) atoms. The zero-order valence-electron chi connectivity index (χ0n) is 17.0. The molecule has 144 valence electrons. The van der Waals surface area contributed by atoms with Gasteiger partial charge in [0.1, 0.15) is 0 Å². The minimum Gasteiger partial charge on any atom is -0.384 e. The average Bonchev–Trinajstić information content (AvgIpc) is 3.00. The molecule has 1 aliphatic rings. The summed E-state index contributed by atoms with van der Waals surface area (Å²) in [6, 6.07) is 15.0. The highest BCUT2D eigenvalue weighted by Crippen LogP contribution is 2.32. The maximum Gasteiger partial charge on any atom is 0.229 e. The van der Waals surface area contributed by atoms with Crippen LogP contribution in [0.25, 0.3) is 0 Å². The van der Waals surface area contributed by atoms with E-state index in [2.05, 4.69) is 68.2 Å². The molecule has 0 spiro atoms. The van der Waals surface area contributed by atoms with E-state index in [1.807, 2.05) is 17.0 Å². The molecule has 0 bridgehead atoms. The summed E-state index contributed by atoms with van der Waals surface area (Å²) < 4.78 is 0. The van der Waals surface area contributed by atoms with E-state index in [9.17, 15) is 4.79 Å². The second-order valence-electron chi connectivity index (χ2n) is 7.29. The number of benzene rings is 2. The molecule has 1 atom stereocenters. The van der Waals surface area contributed by atoms with E-state index in [1.165, 1.54) is 16.8 Å². The molecule has 1 heterocycles. The van der Waals surface area contributed by atoms with E-state index in [0.717, 1.165) is 30.9 Å². The SMILES string of the molecule is CCN(CC)c1ccc(NCCC(=O)N2c3ccccc3CC2C)c(C)c1. The van der Waals surface area contributed by atoms with Crippen molar-refractivity contribution in [3.8, 4) is 0 Å². The third-order valence-electron chi connectivity index (χ3n) is 5.47. The quantitative estimate of drug-likeness (QED) is 0.777. The van der Waals surface area contributed by atoms with Gasteiger partial charge < -0.3 is 15.1 Å². The normalized spacial score (nSPS) is 15.6. The Morgan fingerprint density at radius 1 is 1.19 bits per heavy atom. The molecule has 3 rings (SSSR count). The Labute approximate surface area is 163 Å².